The van der Waals surface area contributed by atoms with Crippen LogP contribution in [0.5, 0.6) is 0 Å². The Morgan fingerprint density at radius 3 is 2.40 bits per heavy atom. The summed E-state index contributed by atoms with van der Waals surface area (Å²) in [6.45, 7) is 9.68. The molecular weight excluding hydrogens is 482 g/mol. The van der Waals surface area contributed by atoms with Crippen LogP contribution in [0.3, 0.4) is 0 Å². The SMILES string of the molecule is Cc1cc(Cl)cnc1CN(CCCCNCCF)Cc1ncccc1C(C)(C)c1ccc(Cl)cc1. The molecule has 2 heterocycles. The van der Waals surface area contributed by atoms with Gasteiger partial charge in [0.1, 0.15) is 6.67 Å². The molecule has 1 aromatic carbocycles. The van der Waals surface area contributed by atoms with E-state index in [1.54, 1.807) is 6.20 Å². The Bertz CT molecular complexity index is 1070. The molecule has 0 unspecified atom stereocenters. The smallest absolute Gasteiger partial charge is 0.102 e. The molecule has 0 saturated carbocycles. The zero-order valence-corrected chi connectivity index (χ0v) is 22.3. The molecule has 0 saturated heterocycles. The second-order valence-corrected chi connectivity index (χ2v) is 10.3. The molecule has 0 aliphatic rings. The van der Waals surface area contributed by atoms with Crippen molar-refractivity contribution in [2.24, 2.45) is 0 Å². The van der Waals surface area contributed by atoms with Gasteiger partial charge in [0, 0.05) is 42.5 Å². The average Bonchev–Trinajstić information content (AvgIpc) is 2.83. The largest absolute Gasteiger partial charge is 0.314 e. The lowest BCUT2D eigenvalue weighted by Gasteiger charge is -2.30. The summed E-state index contributed by atoms with van der Waals surface area (Å²) in [5, 5.41) is 4.51. The zero-order chi connectivity index (χ0) is 25.3. The van der Waals surface area contributed by atoms with E-state index in [1.165, 1.54) is 11.1 Å². The molecule has 0 bridgehead atoms. The van der Waals surface area contributed by atoms with Crippen LogP contribution < -0.4 is 5.32 Å². The summed E-state index contributed by atoms with van der Waals surface area (Å²) in [5.41, 5.74) is 5.29. The topological polar surface area (TPSA) is 41.1 Å². The molecule has 0 atom stereocenters. The maximum absolute atomic E-state index is 12.4. The molecule has 35 heavy (non-hydrogen) atoms. The van der Waals surface area contributed by atoms with Gasteiger partial charge in [-0.15, -0.1) is 0 Å². The normalized spacial score (nSPS) is 11.9. The van der Waals surface area contributed by atoms with E-state index < -0.39 is 0 Å². The van der Waals surface area contributed by atoms with Crippen molar-refractivity contribution in [1.29, 1.82) is 0 Å². The fourth-order valence-corrected chi connectivity index (χ4v) is 4.64. The van der Waals surface area contributed by atoms with E-state index in [2.05, 4.69) is 47.2 Å². The third-order valence-electron chi connectivity index (χ3n) is 6.38. The maximum Gasteiger partial charge on any atom is 0.102 e. The lowest BCUT2D eigenvalue weighted by atomic mass is 9.77. The molecule has 7 heteroatoms. The van der Waals surface area contributed by atoms with Crippen molar-refractivity contribution in [1.82, 2.24) is 20.2 Å². The second-order valence-electron chi connectivity index (χ2n) is 9.40. The van der Waals surface area contributed by atoms with Crippen LogP contribution in [0.15, 0.2) is 54.9 Å². The molecule has 0 aliphatic carbocycles. The minimum atomic E-state index is -0.334. The summed E-state index contributed by atoms with van der Waals surface area (Å²) < 4.78 is 12.4. The Morgan fingerprint density at radius 2 is 1.69 bits per heavy atom. The maximum atomic E-state index is 12.4. The minimum Gasteiger partial charge on any atom is -0.314 e. The molecule has 0 amide bonds. The van der Waals surface area contributed by atoms with Crippen LogP contribution in [0.4, 0.5) is 4.39 Å². The summed E-state index contributed by atoms with van der Waals surface area (Å²) in [6.07, 6.45) is 5.55. The Morgan fingerprint density at radius 1 is 0.943 bits per heavy atom. The Kier molecular flexibility index (Phi) is 10.5. The molecule has 188 valence electrons. The van der Waals surface area contributed by atoms with Gasteiger partial charge in [-0.3, -0.25) is 14.9 Å². The Balaban J connectivity index is 1.82. The van der Waals surface area contributed by atoms with Gasteiger partial charge in [-0.05, 0) is 73.8 Å². The van der Waals surface area contributed by atoms with Crippen LogP contribution in [0.1, 0.15) is 54.8 Å². The third-order valence-corrected chi connectivity index (χ3v) is 6.84. The highest BCUT2D eigenvalue weighted by Gasteiger charge is 2.27. The summed E-state index contributed by atoms with van der Waals surface area (Å²) in [4.78, 5) is 11.8. The van der Waals surface area contributed by atoms with Crippen molar-refractivity contribution in [3.8, 4) is 0 Å². The highest BCUT2D eigenvalue weighted by atomic mass is 35.5. The number of hydrogen-bond acceptors (Lipinski definition) is 4. The fraction of sp³-hybridized carbons (Fsp3) is 0.429. The molecule has 3 aromatic rings. The predicted molar refractivity (Wildman–Crippen MR) is 144 cm³/mol. The molecule has 0 radical (unpaired) electrons. The standard InChI is InChI=1S/C28H35Cl2FN4/c1-21-17-24(30)18-34-26(21)19-35(16-5-4-13-32-15-12-31)20-27-25(7-6-14-33-27)28(2,3)22-8-10-23(29)11-9-22/h6-11,14,17-18,32H,4-5,12-13,15-16,19-20H2,1-3H3. The molecule has 1 N–H and O–H groups in total. The summed E-state index contributed by atoms with van der Waals surface area (Å²) in [5.74, 6) is 0. The van der Waals surface area contributed by atoms with Crippen molar-refractivity contribution in [2.45, 2.75) is 52.1 Å². The lowest BCUT2D eigenvalue weighted by Crippen LogP contribution is -2.29. The van der Waals surface area contributed by atoms with Gasteiger partial charge < -0.3 is 5.32 Å². The van der Waals surface area contributed by atoms with Gasteiger partial charge in [0.15, 0.2) is 0 Å². The fourth-order valence-electron chi connectivity index (χ4n) is 4.30. The first-order valence-electron chi connectivity index (χ1n) is 12.1. The lowest BCUT2D eigenvalue weighted by molar-refractivity contribution is 0.243. The highest BCUT2D eigenvalue weighted by Crippen LogP contribution is 2.34. The first-order valence-corrected chi connectivity index (χ1v) is 12.9. The summed E-state index contributed by atoms with van der Waals surface area (Å²) in [7, 11) is 0. The van der Waals surface area contributed by atoms with E-state index >= 15 is 0 Å². The number of aryl methyl sites for hydroxylation is 1. The van der Waals surface area contributed by atoms with Crippen molar-refractivity contribution < 1.29 is 4.39 Å². The number of aromatic nitrogens is 2. The number of unbranched alkanes of at least 4 members (excludes halogenated alkanes) is 1. The first kappa shape index (κ1) is 27.5. The minimum absolute atomic E-state index is 0.232. The van der Waals surface area contributed by atoms with Crippen LogP contribution >= 0.6 is 23.2 Å². The highest BCUT2D eigenvalue weighted by molar-refractivity contribution is 6.30. The van der Waals surface area contributed by atoms with E-state index in [9.17, 15) is 4.39 Å². The van der Waals surface area contributed by atoms with Gasteiger partial charge in [-0.1, -0.05) is 55.2 Å². The van der Waals surface area contributed by atoms with E-state index in [-0.39, 0.29) is 12.1 Å². The van der Waals surface area contributed by atoms with Crippen molar-refractivity contribution in [3.05, 3.63) is 93.0 Å². The molecular formula is C28H35Cl2FN4. The summed E-state index contributed by atoms with van der Waals surface area (Å²) >= 11 is 12.3. The van der Waals surface area contributed by atoms with Crippen LogP contribution in [0, 0.1) is 6.92 Å². The van der Waals surface area contributed by atoms with Gasteiger partial charge in [0.05, 0.1) is 16.4 Å². The van der Waals surface area contributed by atoms with E-state index in [0.717, 1.165) is 47.9 Å². The number of pyridine rings is 2. The van der Waals surface area contributed by atoms with Crippen LogP contribution in [0.2, 0.25) is 10.0 Å². The van der Waals surface area contributed by atoms with Gasteiger partial charge in [0.25, 0.3) is 0 Å². The number of benzene rings is 1. The van der Waals surface area contributed by atoms with Gasteiger partial charge in [0.2, 0.25) is 0 Å². The molecule has 4 nitrogen and oxygen atoms in total. The summed E-state index contributed by atoms with van der Waals surface area (Å²) in [6, 6.07) is 14.2. The molecule has 0 spiro atoms. The number of nitrogens with one attached hydrogen (secondary N) is 1. The third kappa shape index (κ3) is 7.97. The van der Waals surface area contributed by atoms with E-state index in [1.807, 2.05) is 37.4 Å². The van der Waals surface area contributed by atoms with Crippen molar-refractivity contribution in [2.75, 3.05) is 26.3 Å². The number of nitrogens with zero attached hydrogens (tertiary/aromatic N) is 3. The Hall–Kier alpha value is -2.05. The average molecular weight is 518 g/mol. The number of alkyl halides is 1. The molecule has 2 aromatic heterocycles. The van der Waals surface area contributed by atoms with Crippen molar-refractivity contribution in [3.63, 3.8) is 0 Å². The van der Waals surface area contributed by atoms with E-state index in [0.29, 0.717) is 24.7 Å². The van der Waals surface area contributed by atoms with Crippen LogP contribution in [0.25, 0.3) is 0 Å². The second kappa shape index (κ2) is 13.3. The van der Waals surface area contributed by atoms with Crippen molar-refractivity contribution >= 4 is 23.2 Å². The van der Waals surface area contributed by atoms with Gasteiger partial charge in [-0.25, -0.2) is 4.39 Å². The monoisotopic (exact) mass is 516 g/mol. The number of halogens is 3. The Labute approximate surface area is 218 Å². The van der Waals surface area contributed by atoms with Crippen LogP contribution in [-0.2, 0) is 18.5 Å². The first-order chi connectivity index (χ1) is 16.8. The number of hydrogen-bond donors (Lipinski definition) is 1. The van der Waals surface area contributed by atoms with Gasteiger partial charge in [-0.2, -0.15) is 0 Å². The van der Waals surface area contributed by atoms with Crippen LogP contribution in [-0.4, -0.2) is 41.2 Å². The number of rotatable bonds is 13. The van der Waals surface area contributed by atoms with E-state index in [4.69, 9.17) is 28.2 Å². The quantitative estimate of drug-likeness (QED) is 0.255. The van der Waals surface area contributed by atoms with Gasteiger partial charge >= 0.3 is 0 Å². The zero-order valence-electron chi connectivity index (χ0n) is 20.8. The molecule has 0 fully saturated rings. The molecule has 0 aliphatic heterocycles. The molecule has 3 rings (SSSR count). The predicted octanol–water partition coefficient (Wildman–Crippen LogP) is 6.76.